The maximum atomic E-state index is 5.62. The molecule has 0 atom stereocenters. The van der Waals surface area contributed by atoms with Crippen molar-refractivity contribution >= 4 is 17.2 Å². The van der Waals surface area contributed by atoms with Crippen LogP contribution in [0.2, 0.25) is 0 Å². The van der Waals surface area contributed by atoms with Crippen LogP contribution in [0.15, 0.2) is 120 Å². The van der Waals surface area contributed by atoms with Crippen LogP contribution in [0.3, 0.4) is 0 Å². The summed E-state index contributed by atoms with van der Waals surface area (Å²) in [6.07, 6.45) is 0. The molecule has 51 heavy (non-hydrogen) atoms. The second-order valence-electron chi connectivity index (χ2n) is 18.4. The third-order valence-corrected chi connectivity index (χ3v) is 10.1. The number of benzene rings is 5. The molecular weight excluding hydrogens is 619 g/mol. The summed E-state index contributed by atoms with van der Waals surface area (Å²) in [7, 11) is 0. The van der Waals surface area contributed by atoms with Gasteiger partial charge in [0.2, 0.25) is 0 Å². The number of rotatable bonds is 5. The number of para-hydroxylation sites is 1. The standard InChI is InChI=1S/C48H57N3/c1-45(2,3)36-26-35(27-37(28-36)46(4,5)6)44-49-51(40-30-38(47(7,8)9)29-39(31-40)48(10,11)12)32-50(44)43-41(33-20-15-13-16-21-33)24-19-25-42(43)34-22-17-14-18-23-34/h13-31H,32H2,1-12H3. The van der Waals surface area contributed by atoms with Crippen LogP contribution >= 0.6 is 0 Å². The smallest absolute Gasteiger partial charge is 0.162 e. The molecule has 0 radical (unpaired) electrons. The molecule has 5 aromatic carbocycles. The third kappa shape index (κ3) is 7.69. The first-order chi connectivity index (χ1) is 23.8. The number of amidine groups is 1. The first-order valence-electron chi connectivity index (χ1n) is 18.5. The average Bonchev–Trinajstić information content (AvgIpc) is 3.52. The summed E-state index contributed by atoms with van der Waals surface area (Å²) in [5.74, 6) is 0.964. The highest BCUT2D eigenvalue weighted by Gasteiger charge is 2.33. The highest BCUT2D eigenvalue weighted by Crippen LogP contribution is 2.44. The minimum atomic E-state index is -0.0283. The normalized spacial score (nSPS) is 14.2. The van der Waals surface area contributed by atoms with Gasteiger partial charge in [-0.25, -0.2) is 5.01 Å². The predicted octanol–water partition coefficient (Wildman–Crippen LogP) is 12.9. The monoisotopic (exact) mass is 675 g/mol. The molecule has 0 unspecified atom stereocenters. The van der Waals surface area contributed by atoms with E-state index in [-0.39, 0.29) is 21.7 Å². The van der Waals surface area contributed by atoms with Crippen molar-refractivity contribution in [2.24, 2.45) is 5.10 Å². The largest absolute Gasteiger partial charge is 0.303 e. The Labute approximate surface area is 308 Å². The fraction of sp³-hybridized carbons (Fsp3) is 0.354. The number of hydrazone groups is 1. The fourth-order valence-electron chi connectivity index (χ4n) is 6.72. The van der Waals surface area contributed by atoms with Crippen molar-refractivity contribution in [3.8, 4) is 22.3 Å². The van der Waals surface area contributed by atoms with E-state index >= 15 is 0 Å². The number of hydrogen-bond acceptors (Lipinski definition) is 3. The van der Waals surface area contributed by atoms with E-state index in [9.17, 15) is 0 Å². The lowest BCUT2D eigenvalue weighted by Gasteiger charge is -2.30. The molecule has 0 aliphatic carbocycles. The number of hydrogen-bond donors (Lipinski definition) is 0. The maximum absolute atomic E-state index is 5.62. The Hall–Kier alpha value is -4.63. The highest BCUT2D eigenvalue weighted by molar-refractivity contribution is 6.15. The van der Waals surface area contributed by atoms with Crippen molar-refractivity contribution in [1.82, 2.24) is 0 Å². The van der Waals surface area contributed by atoms with Gasteiger partial charge in [-0.3, -0.25) is 0 Å². The van der Waals surface area contributed by atoms with Crippen LogP contribution in [0, 0.1) is 0 Å². The summed E-state index contributed by atoms with van der Waals surface area (Å²) >= 11 is 0. The summed E-state index contributed by atoms with van der Waals surface area (Å²) in [6.45, 7) is 28.3. The van der Waals surface area contributed by atoms with Gasteiger partial charge >= 0.3 is 0 Å². The van der Waals surface area contributed by atoms with E-state index in [1.54, 1.807) is 0 Å². The summed E-state index contributed by atoms with van der Waals surface area (Å²) in [5.41, 5.74) is 13.4. The van der Waals surface area contributed by atoms with Crippen molar-refractivity contribution in [2.75, 3.05) is 16.6 Å². The Balaban J connectivity index is 1.67. The van der Waals surface area contributed by atoms with E-state index < -0.39 is 0 Å². The van der Waals surface area contributed by atoms with E-state index in [0.29, 0.717) is 6.67 Å². The molecule has 6 rings (SSSR count). The topological polar surface area (TPSA) is 18.8 Å². The lowest BCUT2D eigenvalue weighted by atomic mass is 9.79. The first-order valence-corrected chi connectivity index (χ1v) is 18.5. The Morgan fingerprint density at radius 1 is 0.431 bits per heavy atom. The molecule has 0 N–H and O–H groups in total. The highest BCUT2D eigenvalue weighted by atomic mass is 15.6. The van der Waals surface area contributed by atoms with Gasteiger partial charge in [-0.1, -0.05) is 174 Å². The minimum absolute atomic E-state index is 0.00892. The van der Waals surface area contributed by atoms with Crippen LogP contribution in [-0.2, 0) is 21.7 Å². The summed E-state index contributed by atoms with van der Waals surface area (Å²) in [5, 5.41) is 7.86. The van der Waals surface area contributed by atoms with E-state index in [2.05, 4.69) is 208 Å². The molecule has 1 aliphatic heterocycles. The summed E-state index contributed by atoms with van der Waals surface area (Å²) in [6, 6.07) is 42.6. The van der Waals surface area contributed by atoms with Gasteiger partial charge in [0.25, 0.3) is 0 Å². The Morgan fingerprint density at radius 3 is 1.22 bits per heavy atom. The van der Waals surface area contributed by atoms with Gasteiger partial charge in [0.1, 0.15) is 6.67 Å². The van der Waals surface area contributed by atoms with Crippen LogP contribution < -0.4 is 9.91 Å². The minimum Gasteiger partial charge on any atom is -0.303 e. The van der Waals surface area contributed by atoms with Crippen molar-refractivity contribution in [3.63, 3.8) is 0 Å². The average molecular weight is 676 g/mol. The van der Waals surface area contributed by atoms with Crippen LogP contribution in [-0.4, -0.2) is 12.5 Å². The van der Waals surface area contributed by atoms with Gasteiger partial charge in [-0.15, -0.1) is 0 Å². The van der Waals surface area contributed by atoms with Crippen molar-refractivity contribution < 1.29 is 0 Å². The van der Waals surface area contributed by atoms with Crippen LogP contribution in [0.4, 0.5) is 11.4 Å². The lowest BCUT2D eigenvalue weighted by molar-refractivity contribution is 0.567. The van der Waals surface area contributed by atoms with Crippen LogP contribution in [0.25, 0.3) is 22.3 Å². The van der Waals surface area contributed by atoms with Crippen molar-refractivity contribution in [1.29, 1.82) is 0 Å². The third-order valence-electron chi connectivity index (χ3n) is 10.1. The van der Waals surface area contributed by atoms with E-state index in [0.717, 1.165) is 22.8 Å². The zero-order chi connectivity index (χ0) is 36.9. The zero-order valence-corrected chi connectivity index (χ0v) is 33.0. The SMILES string of the molecule is CC(C)(C)c1cc(C2=NN(c3cc(C(C)(C)C)cc(C(C)(C)C)c3)CN2c2c(-c3ccccc3)cccc2-c2ccccc2)cc(C(C)(C)C)c1. The fourth-order valence-corrected chi connectivity index (χ4v) is 6.72. The molecule has 0 fully saturated rings. The Morgan fingerprint density at radius 2 is 0.824 bits per heavy atom. The summed E-state index contributed by atoms with van der Waals surface area (Å²) in [4.78, 5) is 2.47. The Bertz CT molecular complexity index is 1920. The van der Waals surface area contributed by atoms with Gasteiger partial charge in [-0.2, -0.15) is 5.10 Å². The van der Waals surface area contributed by atoms with Gasteiger partial charge in [0, 0.05) is 16.7 Å². The quantitative estimate of drug-likeness (QED) is 0.185. The van der Waals surface area contributed by atoms with Crippen LogP contribution in [0.5, 0.6) is 0 Å². The maximum Gasteiger partial charge on any atom is 0.162 e. The molecular formula is C48H57N3. The molecule has 3 heteroatoms. The Kier molecular flexibility index (Phi) is 9.34. The molecule has 0 aromatic heterocycles. The molecule has 0 bridgehead atoms. The van der Waals surface area contributed by atoms with E-state index in [1.165, 1.54) is 44.5 Å². The van der Waals surface area contributed by atoms with Gasteiger partial charge in [0.05, 0.1) is 11.4 Å². The molecule has 5 aromatic rings. The van der Waals surface area contributed by atoms with E-state index in [4.69, 9.17) is 5.10 Å². The number of anilines is 2. The van der Waals surface area contributed by atoms with Gasteiger partial charge in [0.15, 0.2) is 5.84 Å². The number of nitrogens with zero attached hydrogens (tertiary/aromatic N) is 3. The molecule has 0 saturated heterocycles. The van der Waals surface area contributed by atoms with Crippen molar-refractivity contribution in [2.45, 2.75) is 105 Å². The van der Waals surface area contributed by atoms with Gasteiger partial charge in [-0.05, 0) is 79.3 Å². The summed E-state index contributed by atoms with van der Waals surface area (Å²) < 4.78 is 0. The van der Waals surface area contributed by atoms with E-state index in [1.807, 2.05) is 0 Å². The second-order valence-corrected chi connectivity index (χ2v) is 18.4. The van der Waals surface area contributed by atoms with Crippen molar-refractivity contribution in [3.05, 3.63) is 143 Å². The molecule has 1 heterocycles. The lowest BCUT2D eigenvalue weighted by Crippen LogP contribution is -2.33. The molecule has 264 valence electrons. The van der Waals surface area contributed by atoms with Crippen LogP contribution in [0.1, 0.15) is 111 Å². The first kappa shape index (κ1) is 36.2. The molecule has 0 amide bonds. The second kappa shape index (κ2) is 13.2. The van der Waals surface area contributed by atoms with Gasteiger partial charge < -0.3 is 4.90 Å². The zero-order valence-electron chi connectivity index (χ0n) is 33.0. The molecule has 1 aliphatic rings. The molecule has 3 nitrogen and oxygen atoms in total. The predicted molar refractivity (Wildman–Crippen MR) is 221 cm³/mol. The molecule has 0 saturated carbocycles. The molecule has 0 spiro atoms.